The second-order valence-electron chi connectivity index (χ2n) is 4.93. The lowest BCUT2D eigenvalue weighted by Gasteiger charge is -2.34. The van der Waals surface area contributed by atoms with E-state index in [0.29, 0.717) is 11.6 Å². The Bertz CT molecular complexity index is 427. The van der Waals surface area contributed by atoms with Gasteiger partial charge in [0.05, 0.1) is 0 Å². The van der Waals surface area contributed by atoms with E-state index in [2.05, 4.69) is 15.4 Å². The maximum atomic E-state index is 12.0. The summed E-state index contributed by atoms with van der Waals surface area (Å²) in [6.45, 7) is 6.86. The summed E-state index contributed by atoms with van der Waals surface area (Å²) in [5.41, 5.74) is 0. The number of nitrogens with zero attached hydrogens (tertiary/aromatic N) is 3. The topological polar surface area (TPSA) is 70.8 Å². The molecule has 2 heterocycles. The number of carbonyl (C=O) groups excluding carboxylic acids is 1. The first-order chi connectivity index (χ1) is 9.69. The zero-order valence-corrected chi connectivity index (χ0v) is 12.1. The monoisotopic (exact) mass is 282 g/mol. The molecule has 0 bridgehead atoms. The summed E-state index contributed by atoms with van der Waals surface area (Å²) in [4.78, 5) is 16.2. The summed E-state index contributed by atoms with van der Waals surface area (Å²) in [7, 11) is 1.72. The number of aryl methyl sites for hydroxylation is 1. The summed E-state index contributed by atoms with van der Waals surface area (Å²) in [6.07, 6.45) is 1.03. The Hall–Kier alpha value is -1.60. The lowest BCUT2D eigenvalue weighted by Crippen LogP contribution is -2.50. The van der Waals surface area contributed by atoms with Gasteiger partial charge in [-0.1, -0.05) is 5.16 Å². The van der Waals surface area contributed by atoms with E-state index in [4.69, 9.17) is 9.26 Å². The van der Waals surface area contributed by atoms with E-state index in [1.165, 1.54) is 0 Å². The van der Waals surface area contributed by atoms with Crippen LogP contribution in [0.4, 0.5) is 10.6 Å². The average Bonchev–Trinajstić information content (AvgIpc) is 2.85. The average molecular weight is 282 g/mol. The fraction of sp³-hybridized carbons (Fsp3) is 0.692. The van der Waals surface area contributed by atoms with Crippen LogP contribution in [-0.4, -0.2) is 67.4 Å². The van der Waals surface area contributed by atoms with Gasteiger partial charge >= 0.3 is 6.03 Å². The molecule has 7 heteroatoms. The maximum absolute atomic E-state index is 12.0. The summed E-state index contributed by atoms with van der Waals surface area (Å²) < 4.78 is 9.96. The quantitative estimate of drug-likeness (QED) is 0.821. The molecule has 20 heavy (non-hydrogen) atoms. The van der Waals surface area contributed by atoms with E-state index < -0.39 is 0 Å². The largest absolute Gasteiger partial charge is 0.385 e. The molecule has 0 radical (unpaired) electrons. The van der Waals surface area contributed by atoms with Crippen molar-refractivity contribution in [3.8, 4) is 0 Å². The van der Waals surface area contributed by atoms with Crippen molar-refractivity contribution in [3.05, 3.63) is 11.8 Å². The number of urea groups is 1. The number of anilines is 1. The molecule has 0 spiro atoms. The van der Waals surface area contributed by atoms with Crippen LogP contribution < -0.4 is 5.32 Å². The molecule has 1 saturated heterocycles. The van der Waals surface area contributed by atoms with Crippen molar-refractivity contribution >= 4 is 11.8 Å². The highest BCUT2D eigenvalue weighted by Crippen LogP contribution is 2.09. The summed E-state index contributed by atoms with van der Waals surface area (Å²) in [6, 6.07) is 1.59. The summed E-state index contributed by atoms with van der Waals surface area (Å²) >= 11 is 0. The summed E-state index contributed by atoms with van der Waals surface area (Å²) in [5, 5.41) is 6.50. The molecule has 112 valence electrons. The van der Waals surface area contributed by atoms with Gasteiger partial charge in [0.25, 0.3) is 0 Å². The number of hydrogen-bond acceptors (Lipinski definition) is 5. The highest BCUT2D eigenvalue weighted by Gasteiger charge is 2.21. The molecule has 7 nitrogen and oxygen atoms in total. The molecule has 1 aromatic rings. The minimum Gasteiger partial charge on any atom is -0.385 e. The zero-order chi connectivity index (χ0) is 14.4. The molecule has 1 N–H and O–H groups in total. The van der Waals surface area contributed by atoms with Crippen LogP contribution in [0, 0.1) is 6.92 Å². The normalized spacial score (nSPS) is 16.4. The van der Waals surface area contributed by atoms with E-state index in [9.17, 15) is 4.79 Å². The van der Waals surface area contributed by atoms with Gasteiger partial charge in [0.15, 0.2) is 5.82 Å². The molecule has 0 aromatic carbocycles. The smallest absolute Gasteiger partial charge is 0.323 e. The second-order valence-corrected chi connectivity index (χ2v) is 4.93. The Balaban J connectivity index is 1.71. The Morgan fingerprint density at radius 3 is 2.80 bits per heavy atom. The van der Waals surface area contributed by atoms with Crippen LogP contribution in [0.1, 0.15) is 12.2 Å². The van der Waals surface area contributed by atoms with Crippen molar-refractivity contribution in [2.75, 3.05) is 51.8 Å². The van der Waals surface area contributed by atoms with E-state index in [1.807, 2.05) is 0 Å². The first-order valence-electron chi connectivity index (χ1n) is 6.89. The predicted molar refractivity (Wildman–Crippen MR) is 74.8 cm³/mol. The molecule has 0 saturated carbocycles. The molecule has 1 fully saturated rings. The SMILES string of the molecule is COCCCN1CCN(C(=O)Nc2cc(C)on2)CC1. The van der Waals surface area contributed by atoms with Crippen LogP contribution in [0.2, 0.25) is 0 Å². The van der Waals surface area contributed by atoms with Gasteiger partial charge in [-0.2, -0.15) is 0 Å². The van der Waals surface area contributed by atoms with Crippen LogP contribution >= 0.6 is 0 Å². The first-order valence-corrected chi connectivity index (χ1v) is 6.89. The number of hydrogen-bond donors (Lipinski definition) is 1. The fourth-order valence-electron chi connectivity index (χ4n) is 2.22. The van der Waals surface area contributed by atoms with Crippen molar-refractivity contribution in [1.29, 1.82) is 0 Å². The van der Waals surface area contributed by atoms with Crippen LogP contribution in [0.5, 0.6) is 0 Å². The highest BCUT2D eigenvalue weighted by atomic mass is 16.5. The number of piperazine rings is 1. The minimum atomic E-state index is -0.116. The van der Waals surface area contributed by atoms with Crippen molar-refractivity contribution in [3.63, 3.8) is 0 Å². The number of amides is 2. The van der Waals surface area contributed by atoms with Crippen molar-refractivity contribution in [1.82, 2.24) is 15.0 Å². The molecule has 1 aliphatic rings. The number of rotatable bonds is 5. The summed E-state index contributed by atoms with van der Waals surface area (Å²) in [5.74, 6) is 1.15. The lowest BCUT2D eigenvalue weighted by molar-refractivity contribution is 0.130. The molecular formula is C13H22N4O3. The number of aromatic nitrogens is 1. The molecular weight excluding hydrogens is 260 g/mol. The Kier molecular flexibility index (Phi) is 5.37. The number of ether oxygens (including phenoxy) is 1. The number of carbonyl (C=O) groups is 1. The molecule has 0 atom stereocenters. The van der Waals surface area contributed by atoms with Gasteiger partial charge in [-0.15, -0.1) is 0 Å². The van der Waals surface area contributed by atoms with Crippen LogP contribution in [0.15, 0.2) is 10.6 Å². The maximum Gasteiger partial charge on any atom is 0.323 e. The third-order valence-corrected chi connectivity index (χ3v) is 3.35. The molecule has 1 aromatic heterocycles. The van der Waals surface area contributed by atoms with Crippen LogP contribution in [0.3, 0.4) is 0 Å². The van der Waals surface area contributed by atoms with Gasteiger partial charge in [-0.3, -0.25) is 10.2 Å². The van der Waals surface area contributed by atoms with Gasteiger partial charge in [-0.05, 0) is 13.3 Å². The Morgan fingerprint density at radius 1 is 1.45 bits per heavy atom. The molecule has 1 aliphatic heterocycles. The van der Waals surface area contributed by atoms with Gasteiger partial charge in [0.1, 0.15) is 5.76 Å². The van der Waals surface area contributed by atoms with Crippen molar-refractivity contribution < 1.29 is 14.1 Å². The second kappa shape index (κ2) is 7.25. The van der Waals surface area contributed by atoms with Crippen molar-refractivity contribution in [2.45, 2.75) is 13.3 Å². The molecule has 2 amide bonds. The number of nitrogens with one attached hydrogen (secondary N) is 1. The van der Waals surface area contributed by atoms with Crippen LogP contribution in [0.25, 0.3) is 0 Å². The van der Waals surface area contributed by atoms with Gasteiger partial charge in [0, 0.05) is 52.5 Å². The van der Waals surface area contributed by atoms with E-state index in [0.717, 1.165) is 45.8 Å². The minimum absolute atomic E-state index is 0.116. The Labute approximate surface area is 118 Å². The number of methoxy groups -OCH3 is 1. The van der Waals surface area contributed by atoms with Crippen LogP contribution in [-0.2, 0) is 4.74 Å². The lowest BCUT2D eigenvalue weighted by atomic mass is 10.3. The molecule has 0 aliphatic carbocycles. The third kappa shape index (κ3) is 4.21. The Morgan fingerprint density at radius 2 is 2.20 bits per heavy atom. The molecule has 0 unspecified atom stereocenters. The first kappa shape index (κ1) is 14.8. The van der Waals surface area contributed by atoms with E-state index in [-0.39, 0.29) is 6.03 Å². The van der Waals surface area contributed by atoms with E-state index in [1.54, 1.807) is 25.0 Å². The predicted octanol–water partition coefficient (Wildman–Crippen LogP) is 1.17. The van der Waals surface area contributed by atoms with Gasteiger partial charge in [-0.25, -0.2) is 4.79 Å². The van der Waals surface area contributed by atoms with E-state index >= 15 is 0 Å². The zero-order valence-electron chi connectivity index (χ0n) is 12.1. The van der Waals surface area contributed by atoms with Gasteiger partial charge < -0.3 is 14.2 Å². The van der Waals surface area contributed by atoms with Gasteiger partial charge in [0.2, 0.25) is 0 Å². The highest BCUT2D eigenvalue weighted by molar-refractivity contribution is 5.88. The molecule has 2 rings (SSSR count). The van der Waals surface area contributed by atoms with Crippen molar-refractivity contribution in [2.24, 2.45) is 0 Å². The third-order valence-electron chi connectivity index (χ3n) is 3.35. The standard InChI is InChI=1S/C13H22N4O3/c1-11-10-12(15-20-11)14-13(18)17-7-5-16(6-8-17)4-3-9-19-2/h10H,3-9H2,1-2H3,(H,14,15,18). The fourth-order valence-corrected chi connectivity index (χ4v) is 2.22.